The molecule has 0 aliphatic rings. The van der Waals surface area contributed by atoms with Gasteiger partial charge in [-0.2, -0.15) is 0 Å². The summed E-state index contributed by atoms with van der Waals surface area (Å²) in [5.74, 6) is -0.528. The number of benzene rings is 1. The lowest BCUT2D eigenvalue weighted by molar-refractivity contribution is 0.0953. The van der Waals surface area contributed by atoms with Crippen LogP contribution in [0.5, 0.6) is 0 Å². The van der Waals surface area contributed by atoms with E-state index in [4.69, 9.17) is 23.2 Å². The summed E-state index contributed by atoms with van der Waals surface area (Å²) >= 11 is 12.0. The summed E-state index contributed by atoms with van der Waals surface area (Å²) in [7, 11) is 0. The van der Waals surface area contributed by atoms with Crippen molar-refractivity contribution in [1.29, 1.82) is 0 Å². The van der Waals surface area contributed by atoms with E-state index in [1.165, 1.54) is 18.5 Å². The summed E-state index contributed by atoms with van der Waals surface area (Å²) in [5, 5.41) is 6.69. The molecule has 0 atom stereocenters. The Morgan fingerprint density at radius 2 is 1.64 bits per heavy atom. The van der Waals surface area contributed by atoms with Crippen LogP contribution < -0.4 is 10.6 Å². The predicted molar refractivity (Wildman–Crippen MR) is 99.4 cm³/mol. The van der Waals surface area contributed by atoms with Gasteiger partial charge in [0, 0.05) is 35.5 Å². The van der Waals surface area contributed by atoms with Crippen LogP contribution in [0.25, 0.3) is 0 Å². The minimum absolute atomic E-state index is 0.239. The fourth-order valence-corrected chi connectivity index (χ4v) is 2.67. The van der Waals surface area contributed by atoms with Crippen molar-refractivity contribution in [2.45, 2.75) is 19.8 Å². The van der Waals surface area contributed by atoms with Crippen LogP contribution >= 0.6 is 23.2 Å². The van der Waals surface area contributed by atoms with Crippen molar-refractivity contribution in [3.63, 3.8) is 0 Å². The van der Waals surface area contributed by atoms with Crippen LogP contribution in [-0.4, -0.2) is 29.9 Å². The molecular formula is C18H19Cl2N3O2. The second kappa shape index (κ2) is 9.39. The van der Waals surface area contributed by atoms with E-state index in [0.717, 1.165) is 12.0 Å². The minimum atomic E-state index is -0.289. The van der Waals surface area contributed by atoms with E-state index in [-0.39, 0.29) is 11.8 Å². The number of amides is 2. The quantitative estimate of drug-likeness (QED) is 0.773. The van der Waals surface area contributed by atoms with Gasteiger partial charge in [0.05, 0.1) is 11.1 Å². The fourth-order valence-electron chi connectivity index (χ4n) is 2.17. The van der Waals surface area contributed by atoms with E-state index < -0.39 is 0 Å². The Kier molecular flexibility index (Phi) is 7.22. The maximum absolute atomic E-state index is 12.2. The molecule has 0 fully saturated rings. The predicted octanol–water partition coefficient (Wildman–Crippen LogP) is 3.50. The molecule has 2 N–H and O–H groups in total. The number of halogens is 2. The monoisotopic (exact) mass is 379 g/mol. The average Bonchev–Trinajstić information content (AvgIpc) is 2.61. The Morgan fingerprint density at radius 1 is 1.00 bits per heavy atom. The lowest BCUT2D eigenvalue weighted by Crippen LogP contribution is -2.27. The second-order valence-electron chi connectivity index (χ2n) is 5.46. The van der Waals surface area contributed by atoms with Gasteiger partial charge in [-0.1, -0.05) is 36.2 Å². The molecule has 0 saturated carbocycles. The lowest BCUT2D eigenvalue weighted by Gasteiger charge is -2.08. The van der Waals surface area contributed by atoms with Crippen LogP contribution in [0.15, 0.2) is 36.7 Å². The highest BCUT2D eigenvalue weighted by atomic mass is 35.5. The van der Waals surface area contributed by atoms with E-state index >= 15 is 0 Å². The van der Waals surface area contributed by atoms with Gasteiger partial charge in [0.25, 0.3) is 11.8 Å². The zero-order chi connectivity index (χ0) is 18.2. The Labute approximate surface area is 156 Å². The van der Waals surface area contributed by atoms with Gasteiger partial charge >= 0.3 is 0 Å². The molecule has 1 aromatic carbocycles. The topological polar surface area (TPSA) is 71.1 Å². The number of carbonyl (C=O) groups is 2. The molecule has 0 bridgehead atoms. The summed E-state index contributed by atoms with van der Waals surface area (Å²) in [6.07, 6.45) is 4.29. The third-order valence-corrected chi connectivity index (χ3v) is 4.08. The van der Waals surface area contributed by atoms with E-state index in [0.29, 0.717) is 40.7 Å². The van der Waals surface area contributed by atoms with Gasteiger partial charge in [-0.25, -0.2) is 0 Å². The van der Waals surface area contributed by atoms with Gasteiger partial charge in [-0.05, 0) is 36.6 Å². The molecule has 0 unspecified atom stereocenters. The number of carbonyl (C=O) groups excluding carboxylic acids is 2. The SMILES string of the molecule is CCCNC(=O)c1cncc(C(=O)NCCc2ccc(Cl)cc2Cl)c1. The summed E-state index contributed by atoms with van der Waals surface area (Å²) in [6, 6.07) is 6.79. The highest BCUT2D eigenvalue weighted by Crippen LogP contribution is 2.21. The van der Waals surface area contributed by atoms with Crippen molar-refractivity contribution >= 4 is 35.0 Å². The molecule has 25 heavy (non-hydrogen) atoms. The smallest absolute Gasteiger partial charge is 0.252 e. The van der Waals surface area contributed by atoms with Crippen molar-refractivity contribution < 1.29 is 9.59 Å². The number of hydrogen-bond acceptors (Lipinski definition) is 3. The summed E-state index contributed by atoms with van der Waals surface area (Å²) in [5.41, 5.74) is 1.60. The minimum Gasteiger partial charge on any atom is -0.352 e. The second-order valence-corrected chi connectivity index (χ2v) is 6.30. The van der Waals surface area contributed by atoms with Crippen LogP contribution in [0.2, 0.25) is 10.0 Å². The van der Waals surface area contributed by atoms with E-state index in [1.807, 2.05) is 13.0 Å². The van der Waals surface area contributed by atoms with E-state index in [2.05, 4.69) is 15.6 Å². The maximum atomic E-state index is 12.2. The van der Waals surface area contributed by atoms with Gasteiger partial charge in [-0.15, -0.1) is 0 Å². The van der Waals surface area contributed by atoms with Crippen molar-refractivity contribution in [2.24, 2.45) is 0 Å². The van der Waals surface area contributed by atoms with Crippen LogP contribution in [0.4, 0.5) is 0 Å². The van der Waals surface area contributed by atoms with Crippen LogP contribution in [0.1, 0.15) is 39.6 Å². The normalized spacial score (nSPS) is 10.4. The number of hydrogen-bond donors (Lipinski definition) is 2. The van der Waals surface area contributed by atoms with Crippen molar-refractivity contribution in [2.75, 3.05) is 13.1 Å². The highest BCUT2D eigenvalue weighted by molar-refractivity contribution is 6.35. The molecule has 0 saturated heterocycles. The lowest BCUT2D eigenvalue weighted by atomic mass is 10.1. The van der Waals surface area contributed by atoms with Crippen LogP contribution in [-0.2, 0) is 6.42 Å². The summed E-state index contributed by atoms with van der Waals surface area (Å²) in [6.45, 7) is 2.96. The molecule has 1 aromatic heterocycles. The molecule has 2 aromatic rings. The molecule has 5 nitrogen and oxygen atoms in total. The zero-order valence-electron chi connectivity index (χ0n) is 13.8. The van der Waals surface area contributed by atoms with E-state index in [1.54, 1.807) is 12.1 Å². The Hall–Kier alpha value is -2.11. The highest BCUT2D eigenvalue weighted by Gasteiger charge is 2.11. The molecule has 0 spiro atoms. The number of nitrogens with zero attached hydrogens (tertiary/aromatic N) is 1. The molecule has 2 rings (SSSR count). The zero-order valence-corrected chi connectivity index (χ0v) is 15.3. The maximum Gasteiger partial charge on any atom is 0.252 e. The first kappa shape index (κ1) is 19.2. The molecule has 0 aliphatic carbocycles. The summed E-state index contributed by atoms with van der Waals surface area (Å²) in [4.78, 5) is 28.1. The van der Waals surface area contributed by atoms with Gasteiger partial charge < -0.3 is 10.6 Å². The average molecular weight is 380 g/mol. The molecular weight excluding hydrogens is 361 g/mol. The third kappa shape index (κ3) is 5.73. The third-order valence-electron chi connectivity index (χ3n) is 3.49. The molecule has 0 aliphatic heterocycles. The molecule has 132 valence electrons. The van der Waals surface area contributed by atoms with Crippen molar-refractivity contribution in [3.05, 3.63) is 63.4 Å². The van der Waals surface area contributed by atoms with Crippen molar-refractivity contribution in [3.8, 4) is 0 Å². The van der Waals surface area contributed by atoms with Crippen LogP contribution in [0, 0.1) is 0 Å². The molecule has 1 heterocycles. The number of rotatable bonds is 7. The van der Waals surface area contributed by atoms with Gasteiger partial charge in [0.1, 0.15) is 0 Å². The van der Waals surface area contributed by atoms with Gasteiger partial charge in [0.2, 0.25) is 0 Å². The first-order valence-electron chi connectivity index (χ1n) is 7.96. The number of pyridine rings is 1. The number of nitrogens with one attached hydrogen (secondary N) is 2. The Morgan fingerprint density at radius 3 is 2.24 bits per heavy atom. The molecule has 7 heteroatoms. The summed E-state index contributed by atoms with van der Waals surface area (Å²) < 4.78 is 0. The number of aromatic nitrogens is 1. The fraction of sp³-hybridized carbons (Fsp3) is 0.278. The standard InChI is InChI=1S/C18H19Cl2N3O2/c1-2-6-22-17(24)13-8-14(11-21-10-13)18(25)23-7-5-12-3-4-15(19)9-16(12)20/h3-4,8-11H,2,5-7H2,1H3,(H,22,24)(H,23,25). The first-order chi connectivity index (χ1) is 12.0. The molecule has 2 amide bonds. The molecule has 0 radical (unpaired) electrons. The van der Waals surface area contributed by atoms with Crippen molar-refractivity contribution in [1.82, 2.24) is 15.6 Å². The Balaban J connectivity index is 1.93. The van der Waals surface area contributed by atoms with Gasteiger partial charge in [-0.3, -0.25) is 14.6 Å². The van der Waals surface area contributed by atoms with E-state index in [9.17, 15) is 9.59 Å². The largest absolute Gasteiger partial charge is 0.352 e. The van der Waals surface area contributed by atoms with Crippen LogP contribution in [0.3, 0.4) is 0 Å². The van der Waals surface area contributed by atoms with Gasteiger partial charge in [0.15, 0.2) is 0 Å². The Bertz CT molecular complexity index is 766. The first-order valence-corrected chi connectivity index (χ1v) is 8.72.